The third-order valence-electron chi connectivity index (χ3n) is 3.74. The zero-order valence-corrected chi connectivity index (χ0v) is 11.8. The van der Waals surface area contributed by atoms with Gasteiger partial charge in [0.05, 0.1) is 6.04 Å². The summed E-state index contributed by atoms with van der Waals surface area (Å²) in [5.74, 6) is 0.216. The first kappa shape index (κ1) is 15.4. The van der Waals surface area contributed by atoms with Crippen LogP contribution in [-0.4, -0.2) is 47.7 Å². The van der Waals surface area contributed by atoms with Crippen molar-refractivity contribution in [2.45, 2.75) is 64.5 Å². The lowest BCUT2D eigenvalue weighted by Crippen LogP contribution is -2.48. The first-order valence-corrected chi connectivity index (χ1v) is 7.34. The fourth-order valence-electron chi connectivity index (χ4n) is 2.55. The van der Waals surface area contributed by atoms with Gasteiger partial charge in [0.1, 0.15) is 0 Å². The van der Waals surface area contributed by atoms with E-state index < -0.39 is 0 Å². The van der Waals surface area contributed by atoms with Crippen molar-refractivity contribution in [3.05, 3.63) is 0 Å². The Morgan fingerprint density at radius 1 is 1.28 bits per heavy atom. The zero-order valence-electron chi connectivity index (χ0n) is 11.8. The number of hydrogen-bond donors (Lipinski definition) is 2. The molecular formula is C14H28N2O2. The lowest BCUT2D eigenvalue weighted by molar-refractivity contribution is -0.133. The van der Waals surface area contributed by atoms with Crippen LogP contribution in [-0.2, 0) is 4.79 Å². The van der Waals surface area contributed by atoms with Gasteiger partial charge in [-0.1, -0.05) is 19.8 Å². The van der Waals surface area contributed by atoms with Crippen molar-refractivity contribution in [3.63, 3.8) is 0 Å². The van der Waals surface area contributed by atoms with Gasteiger partial charge in [-0.15, -0.1) is 0 Å². The van der Waals surface area contributed by atoms with Crippen LogP contribution in [0.4, 0.5) is 0 Å². The van der Waals surface area contributed by atoms with Crippen molar-refractivity contribution in [2.24, 2.45) is 0 Å². The zero-order chi connectivity index (χ0) is 13.4. The number of aliphatic hydroxyl groups is 1. The molecule has 1 rings (SSSR count). The number of hydrogen-bond acceptors (Lipinski definition) is 3. The largest absolute Gasteiger partial charge is 0.396 e. The lowest BCUT2D eigenvalue weighted by Gasteiger charge is -2.27. The molecule has 1 fully saturated rings. The normalized spacial score (nSPS) is 20.3. The Labute approximate surface area is 111 Å². The maximum Gasteiger partial charge on any atom is 0.239 e. The van der Waals surface area contributed by atoms with Crippen LogP contribution in [0.15, 0.2) is 0 Å². The Morgan fingerprint density at radius 3 is 2.39 bits per heavy atom. The Balaban J connectivity index is 2.43. The summed E-state index contributed by atoms with van der Waals surface area (Å²) < 4.78 is 0. The molecule has 4 heteroatoms. The van der Waals surface area contributed by atoms with Crippen molar-refractivity contribution in [1.82, 2.24) is 10.2 Å². The molecule has 0 aromatic heterocycles. The van der Waals surface area contributed by atoms with Crippen LogP contribution >= 0.6 is 0 Å². The molecule has 0 saturated carbocycles. The van der Waals surface area contributed by atoms with Gasteiger partial charge < -0.3 is 15.3 Å². The minimum Gasteiger partial charge on any atom is -0.396 e. The standard InChI is InChI=1S/C14H28N2O2/c1-3-13(8-11-17)15-12(2)14(18)16-9-6-4-5-7-10-16/h12-13,15,17H,3-11H2,1-2H3. The monoisotopic (exact) mass is 256 g/mol. The summed E-state index contributed by atoms with van der Waals surface area (Å²) in [6, 6.07) is 0.0977. The van der Waals surface area contributed by atoms with Gasteiger partial charge in [0, 0.05) is 25.7 Å². The minimum absolute atomic E-state index is 0.139. The highest BCUT2D eigenvalue weighted by Crippen LogP contribution is 2.11. The summed E-state index contributed by atoms with van der Waals surface area (Å²) in [5, 5.41) is 12.3. The first-order chi connectivity index (χ1) is 8.69. The van der Waals surface area contributed by atoms with E-state index in [9.17, 15) is 4.79 Å². The van der Waals surface area contributed by atoms with Gasteiger partial charge in [-0.25, -0.2) is 0 Å². The van der Waals surface area contributed by atoms with E-state index >= 15 is 0 Å². The number of nitrogens with one attached hydrogen (secondary N) is 1. The summed E-state index contributed by atoms with van der Waals surface area (Å²) in [5.41, 5.74) is 0. The van der Waals surface area contributed by atoms with Gasteiger partial charge in [0.2, 0.25) is 5.91 Å². The van der Waals surface area contributed by atoms with E-state index in [0.29, 0.717) is 6.42 Å². The minimum atomic E-state index is -0.139. The van der Waals surface area contributed by atoms with E-state index in [0.717, 1.165) is 32.4 Å². The van der Waals surface area contributed by atoms with Gasteiger partial charge in [0.25, 0.3) is 0 Å². The maximum atomic E-state index is 12.3. The smallest absolute Gasteiger partial charge is 0.239 e. The second-order valence-corrected chi connectivity index (χ2v) is 5.25. The molecule has 1 heterocycles. The van der Waals surface area contributed by atoms with E-state index in [1.165, 1.54) is 12.8 Å². The Hall–Kier alpha value is -0.610. The third kappa shape index (κ3) is 4.94. The van der Waals surface area contributed by atoms with Gasteiger partial charge in [0.15, 0.2) is 0 Å². The molecule has 0 aromatic rings. The summed E-state index contributed by atoms with van der Waals surface area (Å²) in [6.45, 7) is 6.00. The van der Waals surface area contributed by atoms with Crippen LogP contribution < -0.4 is 5.32 Å². The average molecular weight is 256 g/mol. The molecule has 0 aliphatic carbocycles. The van der Waals surface area contributed by atoms with Gasteiger partial charge >= 0.3 is 0 Å². The van der Waals surface area contributed by atoms with Crippen LogP contribution in [0.3, 0.4) is 0 Å². The van der Waals surface area contributed by atoms with Gasteiger partial charge in [-0.3, -0.25) is 4.79 Å². The van der Waals surface area contributed by atoms with Crippen molar-refractivity contribution in [2.75, 3.05) is 19.7 Å². The number of nitrogens with zero attached hydrogens (tertiary/aromatic N) is 1. The van der Waals surface area contributed by atoms with Crippen molar-refractivity contribution < 1.29 is 9.90 Å². The number of aliphatic hydroxyl groups excluding tert-OH is 1. The number of carbonyl (C=O) groups excluding carboxylic acids is 1. The van der Waals surface area contributed by atoms with Crippen molar-refractivity contribution in [3.8, 4) is 0 Å². The van der Waals surface area contributed by atoms with Crippen LogP contribution in [0.2, 0.25) is 0 Å². The molecule has 1 aliphatic rings. The second-order valence-electron chi connectivity index (χ2n) is 5.25. The van der Waals surface area contributed by atoms with E-state index in [1.807, 2.05) is 11.8 Å². The predicted octanol–water partition coefficient (Wildman–Crippen LogP) is 1.53. The third-order valence-corrected chi connectivity index (χ3v) is 3.74. The number of carbonyl (C=O) groups is 1. The molecular weight excluding hydrogens is 228 g/mol. The van der Waals surface area contributed by atoms with Crippen LogP contribution in [0.25, 0.3) is 0 Å². The lowest BCUT2D eigenvalue weighted by atomic mass is 10.1. The van der Waals surface area contributed by atoms with E-state index in [2.05, 4.69) is 12.2 Å². The number of rotatable bonds is 6. The Morgan fingerprint density at radius 2 is 1.89 bits per heavy atom. The quantitative estimate of drug-likeness (QED) is 0.758. The number of likely N-dealkylation sites (tertiary alicyclic amines) is 1. The molecule has 0 bridgehead atoms. The SMILES string of the molecule is CCC(CCO)NC(C)C(=O)N1CCCCCC1. The average Bonchev–Trinajstić information content (AvgIpc) is 2.65. The highest BCUT2D eigenvalue weighted by atomic mass is 16.3. The Bertz CT molecular complexity index is 238. The molecule has 1 aliphatic heterocycles. The first-order valence-electron chi connectivity index (χ1n) is 7.34. The molecule has 1 saturated heterocycles. The van der Waals surface area contributed by atoms with E-state index in [1.54, 1.807) is 0 Å². The fourth-order valence-corrected chi connectivity index (χ4v) is 2.55. The molecule has 1 amide bonds. The summed E-state index contributed by atoms with van der Waals surface area (Å²) in [4.78, 5) is 14.3. The number of amides is 1. The molecule has 4 nitrogen and oxygen atoms in total. The molecule has 2 unspecified atom stereocenters. The van der Waals surface area contributed by atoms with Crippen LogP contribution in [0, 0.1) is 0 Å². The molecule has 18 heavy (non-hydrogen) atoms. The summed E-state index contributed by atoms with van der Waals surface area (Å²) in [7, 11) is 0. The molecule has 0 aromatic carbocycles. The topological polar surface area (TPSA) is 52.6 Å². The molecule has 0 spiro atoms. The molecule has 106 valence electrons. The summed E-state index contributed by atoms with van der Waals surface area (Å²) >= 11 is 0. The van der Waals surface area contributed by atoms with Gasteiger partial charge in [-0.05, 0) is 32.6 Å². The Kier molecular flexibility index (Phi) is 7.28. The maximum absolute atomic E-state index is 12.3. The van der Waals surface area contributed by atoms with E-state index in [4.69, 9.17) is 5.11 Å². The van der Waals surface area contributed by atoms with Crippen LogP contribution in [0.5, 0.6) is 0 Å². The molecule has 2 atom stereocenters. The molecule has 2 N–H and O–H groups in total. The fraction of sp³-hybridized carbons (Fsp3) is 0.929. The highest BCUT2D eigenvalue weighted by Gasteiger charge is 2.22. The van der Waals surface area contributed by atoms with Crippen LogP contribution in [0.1, 0.15) is 52.4 Å². The van der Waals surface area contributed by atoms with Crippen molar-refractivity contribution >= 4 is 5.91 Å². The van der Waals surface area contributed by atoms with Crippen molar-refractivity contribution in [1.29, 1.82) is 0 Å². The summed E-state index contributed by atoms with van der Waals surface area (Å²) in [6.07, 6.45) is 6.41. The molecule has 0 radical (unpaired) electrons. The van der Waals surface area contributed by atoms with Gasteiger partial charge in [-0.2, -0.15) is 0 Å². The van der Waals surface area contributed by atoms with E-state index in [-0.39, 0.29) is 24.6 Å². The highest BCUT2D eigenvalue weighted by molar-refractivity contribution is 5.81. The second kappa shape index (κ2) is 8.48. The predicted molar refractivity (Wildman–Crippen MR) is 73.4 cm³/mol.